The predicted molar refractivity (Wildman–Crippen MR) is 154 cm³/mol. The molecule has 2 amide bonds. The Balaban J connectivity index is 0. The van der Waals surface area contributed by atoms with E-state index in [1.165, 1.54) is 26.4 Å². The van der Waals surface area contributed by atoms with E-state index in [0.717, 1.165) is 18.4 Å². The third-order valence-electron chi connectivity index (χ3n) is 4.97. The third-order valence-corrected chi connectivity index (χ3v) is 4.97. The van der Waals surface area contributed by atoms with Gasteiger partial charge in [-0.1, -0.05) is 41.5 Å². The van der Waals surface area contributed by atoms with Gasteiger partial charge >= 0.3 is 12.0 Å². The van der Waals surface area contributed by atoms with Crippen molar-refractivity contribution in [1.82, 2.24) is 10.6 Å². The molecule has 0 saturated heterocycles. The number of hydrogen-bond donors (Lipinski definition) is 3. The maximum Gasteiger partial charge on any atom is 0.413 e. The van der Waals surface area contributed by atoms with Gasteiger partial charge in [-0.2, -0.15) is 0 Å². The molecule has 0 saturated carbocycles. The van der Waals surface area contributed by atoms with Crippen LogP contribution in [0.1, 0.15) is 87.1 Å². The van der Waals surface area contributed by atoms with Gasteiger partial charge < -0.3 is 19.5 Å². The van der Waals surface area contributed by atoms with Gasteiger partial charge in [-0.05, 0) is 45.3 Å². The monoisotopic (exact) mass is 551 g/mol. The van der Waals surface area contributed by atoms with E-state index in [1.807, 2.05) is 41.5 Å². The molecular formula is C28H47N4O7+. The number of methoxy groups -OCH3 is 2. The molecule has 220 valence electrons. The molecule has 0 aromatic heterocycles. The topological polar surface area (TPSA) is 143 Å². The number of carbonyl (C=O) groups is 2. The van der Waals surface area contributed by atoms with Crippen LogP contribution in [-0.4, -0.2) is 37.4 Å². The smallest absolute Gasteiger partial charge is 0.413 e. The minimum absolute atomic E-state index is 0.118. The second kappa shape index (κ2) is 21.1. The summed E-state index contributed by atoms with van der Waals surface area (Å²) in [6.45, 7) is 16.9. The Labute approximate surface area is 232 Å². The van der Waals surface area contributed by atoms with Crippen LogP contribution in [0.4, 0.5) is 10.5 Å². The molecule has 11 nitrogen and oxygen atoms in total. The minimum atomic E-state index is -0.888. The number of nitrogens with zero attached hydrogens (tertiary/aromatic N) is 1. The largest absolute Gasteiger partial charge is 0.493 e. The fraction of sp³-hybridized carbons (Fsp3) is 0.536. The van der Waals surface area contributed by atoms with Gasteiger partial charge in [0.25, 0.3) is 11.4 Å². The minimum Gasteiger partial charge on any atom is -0.493 e. The number of carbonyl (C=O) groups excluding carboxylic acids is 2. The molecule has 0 unspecified atom stereocenters. The molecule has 1 aromatic carbocycles. The van der Waals surface area contributed by atoms with Crippen LogP contribution in [0.25, 0.3) is 0 Å². The molecule has 0 radical (unpaired) electrons. The first-order valence-electron chi connectivity index (χ1n) is 13.2. The molecule has 39 heavy (non-hydrogen) atoms. The zero-order chi connectivity index (χ0) is 30.5. The molecule has 0 bridgehead atoms. The summed E-state index contributed by atoms with van der Waals surface area (Å²) in [6, 6.07) is 2.57. The Hall–Kier alpha value is -3.89. The molecule has 0 atom stereocenters. The molecule has 0 aliphatic carbocycles. The summed E-state index contributed by atoms with van der Waals surface area (Å²) in [6.07, 6.45) is 3.18. The summed E-state index contributed by atoms with van der Waals surface area (Å²) in [5.41, 5.74) is 1.68. The van der Waals surface area contributed by atoms with Crippen LogP contribution in [-0.2, 0) is 16.1 Å². The molecule has 1 rings (SSSR count). The summed E-state index contributed by atoms with van der Waals surface area (Å²) < 4.78 is 15.5. The number of unbranched alkanes of at least 4 members (excludes halogenated alkanes) is 1. The van der Waals surface area contributed by atoms with Crippen molar-refractivity contribution in [2.75, 3.05) is 14.2 Å². The third kappa shape index (κ3) is 13.0. The number of nitro benzene ring substituents is 1. The number of alkyl carbamates (subject to hydrolysis) is 1. The summed E-state index contributed by atoms with van der Waals surface area (Å²) in [7, 11) is 2.76. The number of amides is 2. The molecular weight excluding hydrogens is 504 g/mol. The highest BCUT2D eigenvalue weighted by atomic mass is 16.6. The van der Waals surface area contributed by atoms with Crippen molar-refractivity contribution in [3.05, 3.63) is 50.5 Å². The summed E-state index contributed by atoms with van der Waals surface area (Å²) >= 11 is 0. The van der Waals surface area contributed by atoms with E-state index in [-0.39, 0.29) is 28.6 Å². The number of nitro groups is 1. The summed E-state index contributed by atoms with van der Waals surface area (Å²) in [5, 5.41) is 16.7. The molecule has 0 aliphatic rings. The number of hydrogen-bond acceptors (Lipinski definition) is 7. The van der Waals surface area contributed by atoms with Gasteiger partial charge in [0, 0.05) is 12.0 Å². The van der Waals surface area contributed by atoms with Gasteiger partial charge in [0.15, 0.2) is 11.5 Å². The Bertz CT molecular complexity index is 1030. The van der Waals surface area contributed by atoms with Crippen molar-refractivity contribution in [2.45, 2.75) is 88.2 Å². The van der Waals surface area contributed by atoms with E-state index in [9.17, 15) is 19.7 Å². The van der Waals surface area contributed by atoms with Crippen LogP contribution in [0.15, 0.2) is 34.8 Å². The van der Waals surface area contributed by atoms with Crippen molar-refractivity contribution in [2.24, 2.45) is 0 Å². The first-order chi connectivity index (χ1) is 18.6. The van der Waals surface area contributed by atoms with Crippen molar-refractivity contribution in [1.29, 1.82) is 0 Å². The van der Waals surface area contributed by atoms with E-state index < -0.39 is 23.5 Å². The lowest BCUT2D eigenvalue weighted by Crippen LogP contribution is -2.70. The van der Waals surface area contributed by atoms with Crippen LogP contribution >= 0.6 is 0 Å². The van der Waals surface area contributed by atoms with Gasteiger partial charge in [0.1, 0.15) is 18.6 Å². The van der Waals surface area contributed by atoms with E-state index in [0.29, 0.717) is 17.7 Å². The molecule has 0 fully saturated rings. The van der Waals surface area contributed by atoms with Crippen molar-refractivity contribution < 1.29 is 33.7 Å². The number of rotatable bonds is 12. The SMILES string of the molecule is CC.CC.CCCC=[NH+]C(C(=O)NC(NC(=O)OCc1cc(OC)c(OC)cc1[N+](=O)[O-])=C(C)CC)=C(C)C. The van der Waals surface area contributed by atoms with Crippen molar-refractivity contribution >= 4 is 23.9 Å². The summed E-state index contributed by atoms with van der Waals surface area (Å²) in [5.74, 6) is 0.198. The lowest BCUT2D eigenvalue weighted by Gasteiger charge is -2.15. The van der Waals surface area contributed by atoms with Gasteiger partial charge in [-0.15, -0.1) is 0 Å². The highest BCUT2D eigenvalue weighted by molar-refractivity contribution is 5.93. The van der Waals surface area contributed by atoms with Gasteiger partial charge in [-0.25, -0.2) is 9.79 Å². The van der Waals surface area contributed by atoms with Crippen LogP contribution in [0.2, 0.25) is 0 Å². The van der Waals surface area contributed by atoms with E-state index in [2.05, 4.69) is 15.6 Å². The Kier molecular flexibility index (Phi) is 20.1. The highest BCUT2D eigenvalue weighted by Gasteiger charge is 2.22. The highest BCUT2D eigenvalue weighted by Crippen LogP contribution is 2.34. The first-order valence-corrected chi connectivity index (χ1v) is 13.2. The molecule has 0 aliphatic heterocycles. The normalized spacial score (nSPS) is 10.5. The van der Waals surface area contributed by atoms with E-state index in [1.54, 1.807) is 27.0 Å². The molecule has 0 heterocycles. The fourth-order valence-electron chi connectivity index (χ4n) is 2.83. The van der Waals surface area contributed by atoms with Crippen LogP contribution < -0.4 is 25.1 Å². The number of benzene rings is 1. The van der Waals surface area contributed by atoms with Crippen LogP contribution in [0.3, 0.4) is 0 Å². The van der Waals surface area contributed by atoms with Gasteiger partial charge in [0.2, 0.25) is 0 Å². The quantitative estimate of drug-likeness (QED) is 0.145. The van der Waals surface area contributed by atoms with Gasteiger partial charge in [0.05, 0.1) is 30.8 Å². The average molecular weight is 552 g/mol. The average Bonchev–Trinajstić information content (AvgIpc) is 2.94. The lowest BCUT2D eigenvalue weighted by atomic mass is 10.1. The van der Waals surface area contributed by atoms with Crippen molar-refractivity contribution in [3.63, 3.8) is 0 Å². The van der Waals surface area contributed by atoms with Crippen LogP contribution in [0.5, 0.6) is 11.5 Å². The molecule has 0 spiro atoms. The molecule has 1 aromatic rings. The molecule has 11 heteroatoms. The lowest BCUT2D eigenvalue weighted by molar-refractivity contribution is -0.388. The van der Waals surface area contributed by atoms with Gasteiger partial charge in [-0.3, -0.25) is 20.2 Å². The zero-order valence-corrected chi connectivity index (χ0v) is 25.4. The second-order valence-electron chi connectivity index (χ2n) is 7.77. The van der Waals surface area contributed by atoms with Crippen molar-refractivity contribution in [3.8, 4) is 11.5 Å². The maximum absolute atomic E-state index is 12.8. The zero-order valence-electron chi connectivity index (χ0n) is 25.4. The van der Waals surface area contributed by atoms with E-state index >= 15 is 0 Å². The van der Waals surface area contributed by atoms with E-state index in [4.69, 9.17) is 14.2 Å². The second-order valence-corrected chi connectivity index (χ2v) is 7.77. The summed E-state index contributed by atoms with van der Waals surface area (Å²) in [4.78, 5) is 39.2. The molecule has 3 N–H and O–H groups in total. The number of ether oxygens (including phenoxy) is 3. The number of allylic oxidation sites excluding steroid dienone is 2. The standard InChI is InChI=1S/C24H34N4O7.2C2H6/c1-8-10-11-25-21(15(3)4)23(29)26-22(16(5)9-2)27-24(30)35-14-17-12-19(33-6)20(34-7)13-18(17)28(31)32;2*1-2/h11-13H,8-10,14H2,1-7H3,(H,26,29)(H,27,30);2*1-2H3/p+1. The Morgan fingerprint density at radius 1 is 1.00 bits per heavy atom. The number of nitrogens with one attached hydrogen (secondary N) is 3. The van der Waals surface area contributed by atoms with Crippen LogP contribution in [0, 0.1) is 10.1 Å². The Morgan fingerprint density at radius 3 is 2.03 bits per heavy atom. The maximum atomic E-state index is 12.8. The Morgan fingerprint density at radius 2 is 1.56 bits per heavy atom. The fourth-order valence-corrected chi connectivity index (χ4v) is 2.83. The predicted octanol–water partition coefficient (Wildman–Crippen LogP) is 4.89. The first kappa shape index (κ1) is 37.3.